The van der Waals surface area contributed by atoms with E-state index < -0.39 is 0 Å². The number of carbonyl (C=O) groups is 1. The molecular formula is C23H25FN2O2S. The first-order valence-corrected chi connectivity index (χ1v) is 10.7. The zero-order valence-electron chi connectivity index (χ0n) is 16.7. The highest BCUT2D eigenvalue weighted by molar-refractivity contribution is 7.20. The van der Waals surface area contributed by atoms with Gasteiger partial charge in [-0.25, -0.2) is 4.39 Å². The van der Waals surface area contributed by atoms with E-state index in [-0.39, 0.29) is 17.8 Å². The van der Waals surface area contributed by atoms with Crippen molar-refractivity contribution in [3.63, 3.8) is 0 Å². The van der Waals surface area contributed by atoms with Gasteiger partial charge >= 0.3 is 0 Å². The van der Waals surface area contributed by atoms with Crippen LogP contribution in [0.5, 0.6) is 5.06 Å². The highest BCUT2D eigenvalue weighted by Crippen LogP contribution is 2.38. The third-order valence-electron chi connectivity index (χ3n) is 5.78. The average molecular weight is 413 g/mol. The number of thiophene rings is 1. The molecule has 2 aromatic carbocycles. The Labute approximate surface area is 174 Å². The van der Waals surface area contributed by atoms with Crippen LogP contribution in [0, 0.1) is 5.82 Å². The first-order chi connectivity index (χ1) is 14.0. The van der Waals surface area contributed by atoms with Crippen LogP contribution in [-0.2, 0) is 0 Å². The molecule has 1 aliphatic carbocycles. The summed E-state index contributed by atoms with van der Waals surface area (Å²) in [4.78, 5) is 14.8. The number of nitrogens with one attached hydrogen (secondary N) is 1. The second kappa shape index (κ2) is 8.41. The van der Waals surface area contributed by atoms with Crippen LogP contribution >= 0.6 is 11.3 Å². The minimum Gasteiger partial charge on any atom is -0.487 e. The van der Waals surface area contributed by atoms with Crippen LogP contribution in [0.2, 0.25) is 0 Å². The Kier molecular flexibility index (Phi) is 5.72. The van der Waals surface area contributed by atoms with Gasteiger partial charge in [0.15, 0.2) is 5.06 Å². The summed E-state index contributed by atoms with van der Waals surface area (Å²) in [7, 11) is 3.86. The van der Waals surface area contributed by atoms with Gasteiger partial charge in [0.1, 0.15) is 5.82 Å². The van der Waals surface area contributed by atoms with Crippen LogP contribution in [0.1, 0.15) is 36.0 Å². The molecule has 1 aliphatic rings. The van der Waals surface area contributed by atoms with Crippen molar-refractivity contribution in [2.75, 3.05) is 19.1 Å². The second-order valence-electron chi connectivity index (χ2n) is 7.56. The molecule has 1 N–H and O–H groups in total. The van der Waals surface area contributed by atoms with Crippen LogP contribution in [0.3, 0.4) is 0 Å². The van der Waals surface area contributed by atoms with Crippen molar-refractivity contribution in [1.29, 1.82) is 0 Å². The minimum absolute atomic E-state index is 0.128. The van der Waals surface area contributed by atoms with Crippen LogP contribution in [0.15, 0.2) is 48.5 Å². The number of nitrogens with zero attached hydrogens (tertiary/aromatic N) is 1. The summed E-state index contributed by atoms with van der Waals surface area (Å²) in [5.41, 5.74) is 1.73. The van der Waals surface area contributed by atoms with Crippen molar-refractivity contribution in [1.82, 2.24) is 5.32 Å². The first kappa shape index (κ1) is 19.7. The number of methoxy groups -OCH3 is 1. The Bertz CT molecular complexity index is 994. The van der Waals surface area contributed by atoms with Crippen molar-refractivity contribution < 1.29 is 13.9 Å². The molecule has 152 valence electrons. The van der Waals surface area contributed by atoms with Gasteiger partial charge in [-0.05, 0) is 62.1 Å². The van der Waals surface area contributed by atoms with Crippen molar-refractivity contribution >= 4 is 33.0 Å². The van der Waals surface area contributed by atoms with Gasteiger partial charge in [0.25, 0.3) is 5.91 Å². The molecule has 0 aliphatic heterocycles. The lowest BCUT2D eigenvalue weighted by Crippen LogP contribution is -2.43. The summed E-state index contributed by atoms with van der Waals surface area (Å²) in [6.07, 6.45) is 3.90. The Morgan fingerprint density at radius 2 is 1.86 bits per heavy atom. The van der Waals surface area contributed by atoms with Crippen molar-refractivity contribution in [2.24, 2.45) is 0 Å². The lowest BCUT2D eigenvalue weighted by molar-refractivity contribution is 0.0926. The molecule has 0 bridgehead atoms. The lowest BCUT2D eigenvalue weighted by Gasteiger charge is -2.36. The third-order valence-corrected chi connectivity index (χ3v) is 6.84. The normalized spacial score (nSPS) is 19.1. The molecular weight excluding hydrogens is 387 g/mol. The number of benzene rings is 2. The zero-order valence-corrected chi connectivity index (χ0v) is 17.5. The highest BCUT2D eigenvalue weighted by atomic mass is 32.1. The summed E-state index contributed by atoms with van der Waals surface area (Å²) in [6.45, 7) is 0. The van der Waals surface area contributed by atoms with Gasteiger partial charge in [-0.2, -0.15) is 0 Å². The molecule has 4 rings (SSSR count). The van der Waals surface area contributed by atoms with Gasteiger partial charge in [-0.15, -0.1) is 0 Å². The van der Waals surface area contributed by atoms with Crippen molar-refractivity contribution in [3.05, 3.63) is 59.9 Å². The maximum absolute atomic E-state index is 13.0. The summed E-state index contributed by atoms with van der Waals surface area (Å²) in [5, 5.41) is 5.25. The fourth-order valence-electron chi connectivity index (χ4n) is 4.10. The lowest BCUT2D eigenvalue weighted by atomic mass is 9.89. The van der Waals surface area contributed by atoms with E-state index in [0.29, 0.717) is 11.6 Å². The molecule has 0 radical (unpaired) electrons. The largest absolute Gasteiger partial charge is 0.487 e. The van der Waals surface area contributed by atoms with E-state index in [4.69, 9.17) is 4.74 Å². The van der Waals surface area contributed by atoms with E-state index in [1.165, 1.54) is 40.0 Å². The van der Waals surface area contributed by atoms with Crippen molar-refractivity contribution in [2.45, 2.75) is 37.8 Å². The first-order valence-electron chi connectivity index (χ1n) is 9.91. The Morgan fingerprint density at radius 1 is 1.14 bits per heavy atom. The number of hydrogen-bond acceptors (Lipinski definition) is 4. The standard InChI is InChI=1S/C23H25FN2O2S/c1-26(20-4-3-5-21-19(20)14-22(28-2)29-21)18-12-10-17(11-13-18)25-23(27)15-6-8-16(24)9-7-15/h3-9,14,17-18H,10-13H2,1-2H3,(H,25,27). The Hall–Kier alpha value is -2.60. The number of fused-ring (bicyclic) bond motifs is 1. The quantitative estimate of drug-likeness (QED) is 0.624. The van der Waals surface area contributed by atoms with Gasteiger partial charge in [0.2, 0.25) is 0 Å². The zero-order chi connectivity index (χ0) is 20.4. The molecule has 0 unspecified atom stereocenters. The van der Waals surface area contributed by atoms with Crippen LogP contribution in [0.25, 0.3) is 10.1 Å². The summed E-state index contributed by atoms with van der Waals surface area (Å²) >= 11 is 1.66. The van der Waals surface area contributed by atoms with E-state index in [9.17, 15) is 9.18 Å². The maximum atomic E-state index is 13.0. The maximum Gasteiger partial charge on any atom is 0.251 e. The van der Waals surface area contributed by atoms with Gasteiger partial charge < -0.3 is 15.0 Å². The molecule has 29 heavy (non-hydrogen) atoms. The number of ether oxygens (including phenoxy) is 1. The molecule has 6 heteroatoms. The van der Waals surface area contributed by atoms with Crippen LogP contribution in [-0.4, -0.2) is 32.1 Å². The fraction of sp³-hybridized carbons (Fsp3) is 0.348. The Balaban J connectivity index is 1.39. The predicted octanol–water partition coefficient (Wildman–Crippen LogP) is 5.23. The second-order valence-corrected chi connectivity index (χ2v) is 8.60. The van der Waals surface area contributed by atoms with Gasteiger partial charge in [0.05, 0.1) is 7.11 Å². The topological polar surface area (TPSA) is 41.6 Å². The fourth-order valence-corrected chi connectivity index (χ4v) is 5.00. The van der Waals surface area contributed by atoms with E-state index in [0.717, 1.165) is 30.7 Å². The summed E-state index contributed by atoms with van der Waals surface area (Å²) in [6, 6.07) is 14.8. The number of amides is 1. The van der Waals surface area contributed by atoms with E-state index in [1.807, 2.05) is 0 Å². The molecule has 1 aromatic heterocycles. The molecule has 1 fully saturated rings. The highest BCUT2D eigenvalue weighted by Gasteiger charge is 2.26. The van der Waals surface area contributed by atoms with Crippen LogP contribution in [0.4, 0.5) is 10.1 Å². The average Bonchev–Trinajstić information content (AvgIpc) is 3.18. The number of anilines is 1. The van der Waals surface area contributed by atoms with Gasteiger partial charge in [0, 0.05) is 46.5 Å². The molecule has 0 atom stereocenters. The van der Waals surface area contributed by atoms with Gasteiger partial charge in [-0.3, -0.25) is 4.79 Å². The number of hydrogen-bond donors (Lipinski definition) is 1. The molecule has 4 nitrogen and oxygen atoms in total. The van der Waals surface area contributed by atoms with E-state index in [2.05, 4.69) is 41.5 Å². The predicted molar refractivity (Wildman–Crippen MR) is 117 cm³/mol. The van der Waals surface area contributed by atoms with E-state index in [1.54, 1.807) is 18.4 Å². The Morgan fingerprint density at radius 3 is 2.55 bits per heavy atom. The number of halogens is 1. The summed E-state index contributed by atoms with van der Waals surface area (Å²) in [5.74, 6) is -0.458. The number of carbonyl (C=O) groups excluding carboxylic acids is 1. The molecule has 0 spiro atoms. The van der Waals surface area contributed by atoms with E-state index >= 15 is 0 Å². The number of rotatable bonds is 5. The smallest absolute Gasteiger partial charge is 0.251 e. The van der Waals surface area contributed by atoms with Crippen molar-refractivity contribution in [3.8, 4) is 5.06 Å². The molecule has 1 saturated carbocycles. The van der Waals surface area contributed by atoms with Gasteiger partial charge in [-0.1, -0.05) is 17.4 Å². The monoisotopic (exact) mass is 412 g/mol. The SMILES string of the molecule is COc1cc2c(N(C)C3CCC(NC(=O)c4ccc(F)cc4)CC3)cccc2s1. The molecule has 1 heterocycles. The van der Waals surface area contributed by atoms with Crippen LogP contribution < -0.4 is 15.0 Å². The molecule has 0 saturated heterocycles. The summed E-state index contributed by atoms with van der Waals surface area (Å²) < 4.78 is 19.7. The third kappa shape index (κ3) is 4.22. The molecule has 3 aromatic rings. The minimum atomic E-state index is -0.330. The molecule has 1 amide bonds.